The van der Waals surface area contributed by atoms with Crippen LogP contribution in [0.2, 0.25) is 0 Å². The van der Waals surface area contributed by atoms with E-state index in [1.165, 1.54) is 32.2 Å². The molecule has 1 heterocycles. The van der Waals surface area contributed by atoms with Gasteiger partial charge in [0.2, 0.25) is 0 Å². The van der Waals surface area contributed by atoms with Gasteiger partial charge in [-0.1, -0.05) is 12.8 Å². The maximum atomic E-state index is 4.40. The van der Waals surface area contributed by atoms with Crippen molar-refractivity contribution in [2.24, 2.45) is 12.5 Å². The molecule has 1 aliphatic carbocycles. The van der Waals surface area contributed by atoms with Gasteiger partial charge in [-0.05, 0) is 32.4 Å². The first-order chi connectivity index (χ1) is 8.65. The number of nitrogens with one attached hydrogen (secondary N) is 1. The van der Waals surface area contributed by atoms with Crippen LogP contribution in [0.25, 0.3) is 0 Å². The minimum absolute atomic E-state index is 0.481. The molecule has 0 unspecified atom stereocenters. The molecule has 1 aromatic rings. The maximum absolute atomic E-state index is 4.40. The van der Waals surface area contributed by atoms with Crippen LogP contribution in [0, 0.1) is 5.41 Å². The number of hydrogen-bond acceptors (Lipinski definition) is 3. The van der Waals surface area contributed by atoms with Gasteiger partial charge in [-0.3, -0.25) is 4.90 Å². The molecule has 0 spiro atoms. The highest BCUT2D eigenvalue weighted by Gasteiger charge is 2.34. The molecule has 0 saturated heterocycles. The maximum Gasteiger partial charge on any atom is 0.122 e. The van der Waals surface area contributed by atoms with E-state index in [1.54, 1.807) is 0 Å². The van der Waals surface area contributed by atoms with Crippen LogP contribution in [0.5, 0.6) is 0 Å². The second-order valence-corrected chi connectivity index (χ2v) is 5.86. The minimum Gasteiger partial charge on any atom is -0.337 e. The summed E-state index contributed by atoms with van der Waals surface area (Å²) in [7, 11) is 6.35. The zero-order valence-electron chi connectivity index (χ0n) is 11.9. The first-order valence-corrected chi connectivity index (χ1v) is 6.95. The summed E-state index contributed by atoms with van der Waals surface area (Å²) in [6, 6.07) is 0. The fourth-order valence-corrected chi connectivity index (χ4v) is 3.31. The van der Waals surface area contributed by atoms with Crippen molar-refractivity contribution in [3.8, 4) is 0 Å². The Labute approximate surface area is 110 Å². The monoisotopic (exact) mass is 250 g/mol. The molecule has 102 valence electrons. The largest absolute Gasteiger partial charge is 0.337 e. The lowest BCUT2D eigenvalue weighted by Gasteiger charge is -2.33. The van der Waals surface area contributed by atoms with Crippen molar-refractivity contribution < 1.29 is 0 Å². The Kier molecular flexibility index (Phi) is 4.40. The lowest BCUT2D eigenvalue weighted by atomic mass is 9.85. The molecule has 1 fully saturated rings. The van der Waals surface area contributed by atoms with Crippen molar-refractivity contribution in [2.75, 3.05) is 27.2 Å². The summed E-state index contributed by atoms with van der Waals surface area (Å²) in [5.74, 6) is 1.15. The second kappa shape index (κ2) is 5.85. The Morgan fingerprint density at radius 2 is 2.17 bits per heavy atom. The van der Waals surface area contributed by atoms with Gasteiger partial charge in [-0.25, -0.2) is 4.98 Å². The summed E-state index contributed by atoms with van der Waals surface area (Å²) in [5.41, 5.74) is 0.481. The molecule has 0 aromatic carbocycles. The van der Waals surface area contributed by atoms with E-state index in [9.17, 15) is 0 Å². The van der Waals surface area contributed by atoms with Crippen LogP contribution in [0.1, 0.15) is 31.5 Å². The Morgan fingerprint density at radius 1 is 1.44 bits per heavy atom. The molecular formula is C14H26N4. The predicted octanol–water partition coefficient (Wildman–Crippen LogP) is 1.63. The van der Waals surface area contributed by atoms with Crippen molar-refractivity contribution in [3.05, 3.63) is 18.2 Å². The van der Waals surface area contributed by atoms with Crippen LogP contribution in [0.4, 0.5) is 0 Å². The molecule has 0 atom stereocenters. The molecule has 1 aromatic heterocycles. The molecule has 2 rings (SSSR count). The number of hydrogen-bond donors (Lipinski definition) is 1. The van der Waals surface area contributed by atoms with E-state index in [0.717, 1.165) is 18.9 Å². The summed E-state index contributed by atoms with van der Waals surface area (Å²) < 4.78 is 2.11. The van der Waals surface area contributed by atoms with Crippen molar-refractivity contribution in [3.63, 3.8) is 0 Å². The molecule has 4 nitrogen and oxygen atoms in total. The first kappa shape index (κ1) is 13.6. The van der Waals surface area contributed by atoms with E-state index in [1.807, 2.05) is 12.4 Å². The molecule has 0 bridgehead atoms. The molecule has 1 N–H and O–H groups in total. The number of imidazole rings is 1. The van der Waals surface area contributed by atoms with Crippen molar-refractivity contribution in [1.29, 1.82) is 0 Å². The fraction of sp³-hybridized carbons (Fsp3) is 0.786. The van der Waals surface area contributed by atoms with Crippen LogP contribution >= 0.6 is 0 Å². The van der Waals surface area contributed by atoms with Crippen LogP contribution in [-0.4, -0.2) is 41.6 Å². The number of aryl methyl sites for hydroxylation is 1. The van der Waals surface area contributed by atoms with Crippen molar-refractivity contribution in [2.45, 2.75) is 32.2 Å². The molecule has 0 radical (unpaired) electrons. The molecule has 4 heteroatoms. The van der Waals surface area contributed by atoms with Crippen LogP contribution < -0.4 is 5.32 Å². The van der Waals surface area contributed by atoms with Crippen molar-refractivity contribution >= 4 is 0 Å². The van der Waals surface area contributed by atoms with Gasteiger partial charge >= 0.3 is 0 Å². The normalized spacial score (nSPS) is 18.7. The standard InChI is InChI=1S/C14H26N4/c1-15-11-14(6-4-5-7-14)12-17(2)10-13-16-8-9-18(13)3/h8-9,15H,4-7,10-12H2,1-3H3. The SMILES string of the molecule is CNCC1(CN(C)Cc2nccn2C)CCCC1. The molecule has 1 aliphatic rings. The Hall–Kier alpha value is -0.870. The number of nitrogens with zero attached hydrogens (tertiary/aromatic N) is 3. The molecule has 0 amide bonds. The highest BCUT2D eigenvalue weighted by Crippen LogP contribution is 2.38. The summed E-state index contributed by atoms with van der Waals surface area (Å²) in [6.45, 7) is 3.24. The molecule has 18 heavy (non-hydrogen) atoms. The average Bonchev–Trinajstić information content (AvgIpc) is 2.90. The third-order valence-corrected chi connectivity index (χ3v) is 4.15. The van der Waals surface area contributed by atoms with E-state index >= 15 is 0 Å². The van der Waals surface area contributed by atoms with Gasteiger partial charge in [0.1, 0.15) is 5.82 Å². The molecular weight excluding hydrogens is 224 g/mol. The van der Waals surface area contributed by atoms with E-state index in [0.29, 0.717) is 5.41 Å². The van der Waals surface area contributed by atoms with Gasteiger partial charge in [0, 0.05) is 32.5 Å². The zero-order valence-corrected chi connectivity index (χ0v) is 11.9. The zero-order chi connectivity index (χ0) is 13.0. The van der Waals surface area contributed by atoms with E-state index < -0.39 is 0 Å². The summed E-state index contributed by atoms with van der Waals surface area (Å²) in [5, 5.41) is 3.38. The van der Waals surface area contributed by atoms with Crippen LogP contribution in [-0.2, 0) is 13.6 Å². The fourth-order valence-electron chi connectivity index (χ4n) is 3.31. The van der Waals surface area contributed by atoms with Gasteiger partial charge in [-0.15, -0.1) is 0 Å². The Balaban J connectivity index is 1.93. The van der Waals surface area contributed by atoms with E-state index in [4.69, 9.17) is 0 Å². The van der Waals surface area contributed by atoms with Gasteiger partial charge in [0.25, 0.3) is 0 Å². The molecule has 1 saturated carbocycles. The second-order valence-electron chi connectivity index (χ2n) is 5.86. The summed E-state index contributed by atoms with van der Waals surface area (Å²) in [4.78, 5) is 6.83. The number of aromatic nitrogens is 2. The van der Waals surface area contributed by atoms with Gasteiger partial charge < -0.3 is 9.88 Å². The average molecular weight is 250 g/mol. The smallest absolute Gasteiger partial charge is 0.122 e. The van der Waals surface area contributed by atoms with Crippen LogP contribution in [0.15, 0.2) is 12.4 Å². The quantitative estimate of drug-likeness (QED) is 0.833. The first-order valence-electron chi connectivity index (χ1n) is 6.95. The number of rotatable bonds is 6. The van der Waals surface area contributed by atoms with Crippen molar-refractivity contribution in [1.82, 2.24) is 19.8 Å². The van der Waals surface area contributed by atoms with E-state index in [-0.39, 0.29) is 0 Å². The molecule has 0 aliphatic heterocycles. The Morgan fingerprint density at radius 3 is 2.72 bits per heavy atom. The minimum atomic E-state index is 0.481. The highest BCUT2D eigenvalue weighted by atomic mass is 15.2. The Bertz CT molecular complexity index is 366. The third kappa shape index (κ3) is 3.12. The lowest BCUT2D eigenvalue weighted by molar-refractivity contribution is 0.167. The predicted molar refractivity (Wildman–Crippen MR) is 74.4 cm³/mol. The highest BCUT2D eigenvalue weighted by molar-refractivity contribution is 4.93. The topological polar surface area (TPSA) is 33.1 Å². The summed E-state index contributed by atoms with van der Waals surface area (Å²) in [6.07, 6.45) is 9.39. The van der Waals surface area contributed by atoms with Gasteiger partial charge in [0.15, 0.2) is 0 Å². The summed E-state index contributed by atoms with van der Waals surface area (Å²) >= 11 is 0. The lowest BCUT2D eigenvalue weighted by Crippen LogP contribution is -2.40. The third-order valence-electron chi connectivity index (χ3n) is 4.15. The van der Waals surface area contributed by atoms with Crippen LogP contribution in [0.3, 0.4) is 0 Å². The van der Waals surface area contributed by atoms with E-state index in [2.05, 4.69) is 40.9 Å². The van der Waals surface area contributed by atoms with Gasteiger partial charge in [0.05, 0.1) is 6.54 Å². The van der Waals surface area contributed by atoms with Gasteiger partial charge in [-0.2, -0.15) is 0 Å².